The van der Waals surface area contributed by atoms with E-state index >= 15 is 0 Å². The lowest BCUT2D eigenvalue weighted by atomic mass is 9.94. The summed E-state index contributed by atoms with van der Waals surface area (Å²) in [6.45, 7) is 7.95. The fraction of sp³-hybridized carbons (Fsp3) is 0.267. The Labute approximate surface area is 211 Å². The van der Waals surface area contributed by atoms with Gasteiger partial charge in [-0.1, -0.05) is 42.5 Å². The molecule has 1 N–H and O–H groups in total. The van der Waals surface area contributed by atoms with E-state index in [9.17, 15) is 14.7 Å². The van der Waals surface area contributed by atoms with Gasteiger partial charge in [-0.15, -0.1) is 0 Å². The van der Waals surface area contributed by atoms with E-state index in [1.54, 1.807) is 13.2 Å². The molecule has 3 aromatic carbocycles. The molecule has 186 valence electrons. The SMILES string of the molecule is COc1ccccc1CN1C(=O)C(=O)/C(=C(\O)c2ccc(C)c(C)c2)C1c1ccc(OC(C)C)cc1. The predicted octanol–water partition coefficient (Wildman–Crippen LogP) is 5.72. The number of methoxy groups -OCH3 is 1. The van der Waals surface area contributed by atoms with Crippen molar-refractivity contribution < 1.29 is 24.2 Å². The molecule has 1 saturated heterocycles. The molecule has 3 aromatic rings. The van der Waals surface area contributed by atoms with Crippen LogP contribution in [0.2, 0.25) is 0 Å². The van der Waals surface area contributed by atoms with Gasteiger partial charge >= 0.3 is 0 Å². The number of amides is 1. The number of rotatable bonds is 7. The largest absolute Gasteiger partial charge is 0.507 e. The van der Waals surface area contributed by atoms with Gasteiger partial charge in [-0.25, -0.2) is 0 Å². The van der Waals surface area contributed by atoms with Crippen LogP contribution in [0.3, 0.4) is 0 Å². The number of carbonyl (C=O) groups excluding carboxylic acids is 2. The number of carbonyl (C=O) groups is 2. The highest BCUT2D eigenvalue weighted by atomic mass is 16.5. The molecular formula is C30H31NO5. The molecule has 1 atom stereocenters. The standard InChI is InChI=1S/C30H31NO5/c1-18(2)36-24-14-12-21(13-15-24)27-26(28(32)22-11-10-19(3)20(4)16-22)29(33)30(34)31(27)17-23-8-6-7-9-25(23)35-5/h6-16,18,27,32H,17H2,1-5H3/b28-26-. The van der Waals surface area contributed by atoms with Crippen molar-refractivity contribution in [2.45, 2.75) is 46.4 Å². The van der Waals surface area contributed by atoms with Crippen LogP contribution >= 0.6 is 0 Å². The van der Waals surface area contributed by atoms with E-state index in [-0.39, 0.29) is 24.0 Å². The minimum Gasteiger partial charge on any atom is -0.507 e. The maximum Gasteiger partial charge on any atom is 0.295 e. The number of benzene rings is 3. The first-order valence-corrected chi connectivity index (χ1v) is 12.0. The molecule has 4 rings (SSSR count). The summed E-state index contributed by atoms with van der Waals surface area (Å²) in [6, 6.07) is 19.4. The van der Waals surface area contributed by atoms with Gasteiger partial charge in [0.05, 0.1) is 31.4 Å². The zero-order valence-corrected chi connectivity index (χ0v) is 21.2. The second kappa shape index (κ2) is 10.3. The highest BCUT2D eigenvalue weighted by Gasteiger charge is 2.46. The molecule has 36 heavy (non-hydrogen) atoms. The number of ketones is 1. The van der Waals surface area contributed by atoms with Gasteiger partial charge in [-0.05, 0) is 68.7 Å². The Balaban J connectivity index is 1.85. The van der Waals surface area contributed by atoms with Gasteiger partial charge in [-0.3, -0.25) is 9.59 Å². The first-order chi connectivity index (χ1) is 17.2. The lowest BCUT2D eigenvalue weighted by molar-refractivity contribution is -0.140. The van der Waals surface area contributed by atoms with E-state index < -0.39 is 17.7 Å². The molecule has 1 aliphatic rings. The van der Waals surface area contributed by atoms with Crippen molar-refractivity contribution >= 4 is 17.4 Å². The summed E-state index contributed by atoms with van der Waals surface area (Å²) >= 11 is 0. The molecule has 1 unspecified atom stereocenters. The van der Waals surface area contributed by atoms with Crippen LogP contribution in [0.5, 0.6) is 11.5 Å². The second-order valence-electron chi connectivity index (χ2n) is 9.27. The molecule has 1 fully saturated rings. The number of likely N-dealkylation sites (tertiary alicyclic amines) is 1. The molecule has 0 saturated carbocycles. The molecule has 0 spiro atoms. The molecular weight excluding hydrogens is 454 g/mol. The van der Waals surface area contributed by atoms with Gasteiger partial charge in [0, 0.05) is 11.1 Å². The summed E-state index contributed by atoms with van der Waals surface area (Å²) in [6.07, 6.45) is 0.0109. The van der Waals surface area contributed by atoms with E-state index in [1.165, 1.54) is 4.90 Å². The lowest BCUT2D eigenvalue weighted by Gasteiger charge is -2.26. The normalized spacial score (nSPS) is 17.1. The van der Waals surface area contributed by atoms with Crippen LogP contribution in [-0.2, 0) is 16.1 Å². The third-order valence-corrected chi connectivity index (χ3v) is 6.42. The highest BCUT2D eigenvalue weighted by Crippen LogP contribution is 2.41. The molecule has 6 nitrogen and oxygen atoms in total. The molecule has 1 aliphatic heterocycles. The fourth-order valence-electron chi connectivity index (χ4n) is 4.45. The fourth-order valence-corrected chi connectivity index (χ4v) is 4.45. The number of hydrogen-bond acceptors (Lipinski definition) is 5. The Morgan fingerprint density at radius 2 is 1.67 bits per heavy atom. The molecule has 0 aliphatic carbocycles. The van der Waals surface area contributed by atoms with E-state index in [0.29, 0.717) is 22.6 Å². The first-order valence-electron chi connectivity index (χ1n) is 12.0. The lowest BCUT2D eigenvalue weighted by Crippen LogP contribution is -2.29. The number of aliphatic hydroxyl groups is 1. The zero-order valence-electron chi connectivity index (χ0n) is 21.2. The van der Waals surface area contributed by atoms with Crippen LogP contribution < -0.4 is 9.47 Å². The number of ether oxygens (including phenoxy) is 2. The summed E-state index contributed by atoms with van der Waals surface area (Å²) in [7, 11) is 1.57. The van der Waals surface area contributed by atoms with Crippen LogP contribution in [0, 0.1) is 13.8 Å². The van der Waals surface area contributed by atoms with E-state index in [1.807, 2.05) is 88.4 Å². The molecule has 0 radical (unpaired) electrons. The van der Waals surface area contributed by atoms with E-state index in [2.05, 4.69) is 0 Å². The van der Waals surface area contributed by atoms with Gasteiger partial charge in [0.1, 0.15) is 17.3 Å². The highest BCUT2D eigenvalue weighted by molar-refractivity contribution is 6.46. The Hall–Kier alpha value is -4.06. The van der Waals surface area contributed by atoms with Gasteiger partial charge < -0.3 is 19.5 Å². The minimum absolute atomic E-state index is 0.0109. The van der Waals surface area contributed by atoms with Crippen molar-refractivity contribution in [2.24, 2.45) is 0 Å². The summed E-state index contributed by atoms with van der Waals surface area (Å²) in [5.41, 5.74) is 4.08. The van der Waals surface area contributed by atoms with Crippen LogP contribution in [0.15, 0.2) is 72.3 Å². The Kier molecular flexibility index (Phi) is 7.15. The maximum atomic E-state index is 13.4. The third-order valence-electron chi connectivity index (χ3n) is 6.42. The second-order valence-corrected chi connectivity index (χ2v) is 9.27. The Morgan fingerprint density at radius 3 is 2.31 bits per heavy atom. The molecule has 0 aromatic heterocycles. The van der Waals surface area contributed by atoms with Gasteiger partial charge in [-0.2, -0.15) is 0 Å². The molecule has 6 heteroatoms. The number of Topliss-reactive ketones (excluding diaryl/α,β-unsaturated/α-hetero) is 1. The monoisotopic (exact) mass is 485 g/mol. The average molecular weight is 486 g/mol. The number of hydrogen-bond donors (Lipinski definition) is 1. The quantitative estimate of drug-likeness (QED) is 0.263. The van der Waals surface area contributed by atoms with Crippen molar-refractivity contribution in [2.75, 3.05) is 7.11 Å². The van der Waals surface area contributed by atoms with Gasteiger partial charge in [0.25, 0.3) is 11.7 Å². The summed E-state index contributed by atoms with van der Waals surface area (Å²) in [5, 5.41) is 11.3. The topological polar surface area (TPSA) is 76.1 Å². The van der Waals surface area contributed by atoms with Gasteiger partial charge in [0.2, 0.25) is 0 Å². The number of aliphatic hydroxyl groups excluding tert-OH is 1. The van der Waals surface area contributed by atoms with Crippen LogP contribution in [0.1, 0.15) is 47.7 Å². The first kappa shape index (κ1) is 25.0. The molecule has 1 amide bonds. The molecule has 0 bridgehead atoms. The van der Waals surface area contributed by atoms with E-state index in [4.69, 9.17) is 9.47 Å². The molecule has 1 heterocycles. The zero-order chi connectivity index (χ0) is 26.0. The third kappa shape index (κ3) is 4.85. The van der Waals surface area contributed by atoms with Crippen molar-refractivity contribution in [3.8, 4) is 11.5 Å². The number of para-hydroxylation sites is 1. The minimum atomic E-state index is -0.773. The smallest absolute Gasteiger partial charge is 0.295 e. The number of nitrogens with zero attached hydrogens (tertiary/aromatic N) is 1. The van der Waals surface area contributed by atoms with Crippen LogP contribution in [0.4, 0.5) is 0 Å². The van der Waals surface area contributed by atoms with Crippen LogP contribution in [-0.4, -0.2) is 34.9 Å². The van der Waals surface area contributed by atoms with Crippen molar-refractivity contribution in [1.82, 2.24) is 4.90 Å². The van der Waals surface area contributed by atoms with E-state index in [0.717, 1.165) is 16.7 Å². The average Bonchev–Trinajstić information content (AvgIpc) is 3.10. The summed E-state index contributed by atoms with van der Waals surface area (Å²) in [4.78, 5) is 28.2. The van der Waals surface area contributed by atoms with Crippen molar-refractivity contribution in [3.05, 3.63) is 100 Å². The van der Waals surface area contributed by atoms with Gasteiger partial charge in [0.15, 0.2) is 0 Å². The Morgan fingerprint density at radius 1 is 0.972 bits per heavy atom. The van der Waals surface area contributed by atoms with Crippen molar-refractivity contribution in [3.63, 3.8) is 0 Å². The maximum absolute atomic E-state index is 13.4. The Bertz CT molecular complexity index is 1320. The summed E-state index contributed by atoms with van der Waals surface area (Å²) in [5.74, 6) is -0.268. The summed E-state index contributed by atoms with van der Waals surface area (Å²) < 4.78 is 11.2. The van der Waals surface area contributed by atoms with Crippen molar-refractivity contribution in [1.29, 1.82) is 0 Å². The predicted molar refractivity (Wildman–Crippen MR) is 139 cm³/mol. The van der Waals surface area contributed by atoms with Crippen LogP contribution in [0.25, 0.3) is 5.76 Å². The number of aryl methyl sites for hydroxylation is 2.